The maximum Gasteiger partial charge on any atom is 0.326 e. The molecule has 1 aromatic heterocycles. The molecular formula is C13H17N3O2. The first-order chi connectivity index (χ1) is 8.69. The maximum atomic E-state index is 12.1. The standard InChI is InChI=1S/C13H17N3O2/c1-15-6-5-9(8-15)16-12-7-10(18-2)3-4-11(12)14-13(16)17/h3-4,7,9H,5-6,8H2,1-2H3,(H,14,17). The molecule has 2 heterocycles. The molecule has 1 aliphatic rings. The second kappa shape index (κ2) is 4.17. The fourth-order valence-corrected chi connectivity index (χ4v) is 2.71. The number of methoxy groups -OCH3 is 1. The first kappa shape index (κ1) is 11.3. The van der Waals surface area contributed by atoms with Gasteiger partial charge in [0.05, 0.1) is 24.2 Å². The van der Waals surface area contributed by atoms with E-state index in [0.717, 1.165) is 36.3 Å². The maximum absolute atomic E-state index is 12.1. The van der Waals surface area contributed by atoms with Crippen LogP contribution in [0.1, 0.15) is 12.5 Å². The molecule has 0 aliphatic carbocycles. The molecular weight excluding hydrogens is 230 g/mol. The summed E-state index contributed by atoms with van der Waals surface area (Å²) in [6.45, 7) is 1.96. The van der Waals surface area contributed by atoms with Crippen molar-refractivity contribution in [2.75, 3.05) is 27.2 Å². The SMILES string of the molecule is COc1ccc2[nH]c(=O)n(C3CCN(C)C3)c2c1. The molecule has 0 amide bonds. The molecule has 1 aliphatic heterocycles. The van der Waals surface area contributed by atoms with E-state index in [-0.39, 0.29) is 11.7 Å². The van der Waals surface area contributed by atoms with Crippen LogP contribution in [0.2, 0.25) is 0 Å². The van der Waals surface area contributed by atoms with Crippen LogP contribution >= 0.6 is 0 Å². The van der Waals surface area contributed by atoms with Crippen molar-refractivity contribution in [1.29, 1.82) is 0 Å². The molecule has 96 valence electrons. The number of hydrogen-bond donors (Lipinski definition) is 1. The van der Waals surface area contributed by atoms with Gasteiger partial charge in [0.15, 0.2) is 0 Å². The van der Waals surface area contributed by atoms with Gasteiger partial charge in [0, 0.05) is 12.6 Å². The number of nitrogens with zero attached hydrogens (tertiary/aromatic N) is 2. The average Bonchev–Trinajstić information content (AvgIpc) is 2.90. The number of fused-ring (bicyclic) bond motifs is 1. The van der Waals surface area contributed by atoms with Gasteiger partial charge >= 0.3 is 5.69 Å². The second-order valence-corrected chi connectivity index (χ2v) is 4.89. The fourth-order valence-electron chi connectivity index (χ4n) is 2.71. The van der Waals surface area contributed by atoms with E-state index < -0.39 is 0 Å². The summed E-state index contributed by atoms with van der Waals surface area (Å²) in [6, 6.07) is 5.93. The Morgan fingerprint density at radius 2 is 2.28 bits per heavy atom. The molecule has 0 bridgehead atoms. The van der Waals surface area contributed by atoms with Crippen LogP contribution < -0.4 is 10.4 Å². The molecule has 3 rings (SSSR count). The highest BCUT2D eigenvalue weighted by Crippen LogP contribution is 2.25. The number of rotatable bonds is 2. The molecule has 0 spiro atoms. The van der Waals surface area contributed by atoms with Crippen molar-refractivity contribution in [1.82, 2.24) is 14.5 Å². The Hall–Kier alpha value is -1.75. The van der Waals surface area contributed by atoms with E-state index in [2.05, 4.69) is 16.9 Å². The number of nitrogens with one attached hydrogen (secondary N) is 1. The van der Waals surface area contributed by atoms with Crippen molar-refractivity contribution in [3.8, 4) is 5.75 Å². The van der Waals surface area contributed by atoms with Crippen LogP contribution in [0.15, 0.2) is 23.0 Å². The van der Waals surface area contributed by atoms with Crippen LogP contribution in [0.25, 0.3) is 11.0 Å². The minimum absolute atomic E-state index is 0.0291. The number of likely N-dealkylation sites (N-methyl/N-ethyl adjacent to an activating group) is 1. The highest BCUT2D eigenvalue weighted by Gasteiger charge is 2.24. The zero-order chi connectivity index (χ0) is 12.7. The second-order valence-electron chi connectivity index (χ2n) is 4.89. The topological polar surface area (TPSA) is 50.3 Å². The summed E-state index contributed by atoms with van der Waals surface area (Å²) in [6.07, 6.45) is 1.01. The van der Waals surface area contributed by atoms with Crippen LogP contribution in [-0.2, 0) is 0 Å². The first-order valence-electron chi connectivity index (χ1n) is 6.16. The summed E-state index contributed by atoms with van der Waals surface area (Å²) >= 11 is 0. The fraction of sp³-hybridized carbons (Fsp3) is 0.462. The Morgan fingerprint density at radius 1 is 1.44 bits per heavy atom. The Bertz CT molecular complexity index is 629. The minimum atomic E-state index is -0.0291. The van der Waals surface area contributed by atoms with Gasteiger partial charge in [-0.3, -0.25) is 4.57 Å². The number of benzene rings is 1. The number of ether oxygens (including phenoxy) is 1. The first-order valence-corrected chi connectivity index (χ1v) is 6.16. The predicted molar refractivity (Wildman–Crippen MR) is 70.3 cm³/mol. The Labute approximate surface area is 105 Å². The van der Waals surface area contributed by atoms with Crippen LogP contribution in [-0.4, -0.2) is 41.7 Å². The van der Waals surface area contributed by atoms with E-state index >= 15 is 0 Å². The minimum Gasteiger partial charge on any atom is -0.497 e. The number of aromatic amines is 1. The Morgan fingerprint density at radius 3 is 2.94 bits per heavy atom. The number of hydrogen-bond acceptors (Lipinski definition) is 3. The summed E-state index contributed by atoms with van der Waals surface area (Å²) in [5.74, 6) is 0.779. The van der Waals surface area contributed by atoms with E-state index in [1.54, 1.807) is 7.11 Å². The molecule has 1 atom stereocenters. The highest BCUT2D eigenvalue weighted by molar-refractivity contribution is 5.77. The highest BCUT2D eigenvalue weighted by atomic mass is 16.5. The van der Waals surface area contributed by atoms with Gasteiger partial charge in [-0.15, -0.1) is 0 Å². The van der Waals surface area contributed by atoms with Crippen molar-refractivity contribution in [2.24, 2.45) is 0 Å². The van der Waals surface area contributed by atoms with Gasteiger partial charge in [-0.05, 0) is 32.1 Å². The van der Waals surface area contributed by atoms with Gasteiger partial charge in [-0.1, -0.05) is 0 Å². The van der Waals surface area contributed by atoms with Gasteiger partial charge in [0.2, 0.25) is 0 Å². The van der Waals surface area contributed by atoms with E-state index in [9.17, 15) is 4.79 Å². The molecule has 5 heteroatoms. The van der Waals surface area contributed by atoms with Gasteiger partial charge in [-0.2, -0.15) is 0 Å². The zero-order valence-electron chi connectivity index (χ0n) is 10.6. The molecule has 5 nitrogen and oxygen atoms in total. The Kier molecular flexibility index (Phi) is 2.63. The summed E-state index contributed by atoms with van der Waals surface area (Å²) in [4.78, 5) is 17.2. The Balaban J connectivity index is 2.15. The lowest BCUT2D eigenvalue weighted by atomic mass is 10.2. The lowest BCUT2D eigenvalue weighted by molar-refractivity contribution is 0.392. The van der Waals surface area contributed by atoms with Crippen LogP contribution in [0.4, 0.5) is 0 Å². The van der Waals surface area contributed by atoms with Gasteiger partial charge in [0.1, 0.15) is 5.75 Å². The molecule has 18 heavy (non-hydrogen) atoms. The predicted octanol–water partition coefficient (Wildman–Crippen LogP) is 1.21. The number of imidazole rings is 1. The largest absolute Gasteiger partial charge is 0.497 e. The van der Waals surface area contributed by atoms with Gasteiger partial charge < -0.3 is 14.6 Å². The van der Waals surface area contributed by atoms with Crippen molar-refractivity contribution in [3.63, 3.8) is 0 Å². The molecule has 1 N–H and O–H groups in total. The van der Waals surface area contributed by atoms with Crippen LogP contribution in [0, 0.1) is 0 Å². The number of likely N-dealkylation sites (tertiary alicyclic amines) is 1. The molecule has 1 unspecified atom stereocenters. The molecule has 1 saturated heterocycles. The molecule has 2 aromatic rings. The smallest absolute Gasteiger partial charge is 0.326 e. The van der Waals surface area contributed by atoms with Crippen molar-refractivity contribution in [3.05, 3.63) is 28.7 Å². The van der Waals surface area contributed by atoms with Crippen molar-refractivity contribution in [2.45, 2.75) is 12.5 Å². The van der Waals surface area contributed by atoms with Crippen molar-refractivity contribution >= 4 is 11.0 Å². The monoisotopic (exact) mass is 247 g/mol. The third kappa shape index (κ3) is 1.71. The van der Waals surface area contributed by atoms with E-state index in [1.165, 1.54) is 0 Å². The average molecular weight is 247 g/mol. The lowest BCUT2D eigenvalue weighted by Crippen LogP contribution is -2.24. The molecule has 1 fully saturated rings. The summed E-state index contributed by atoms with van der Waals surface area (Å²) in [5, 5.41) is 0. The number of aromatic nitrogens is 2. The lowest BCUT2D eigenvalue weighted by Gasteiger charge is -2.12. The van der Waals surface area contributed by atoms with E-state index in [1.807, 2.05) is 22.8 Å². The summed E-state index contributed by atoms with van der Waals surface area (Å²) in [7, 11) is 3.72. The van der Waals surface area contributed by atoms with E-state index in [0.29, 0.717) is 0 Å². The summed E-state index contributed by atoms with van der Waals surface area (Å²) < 4.78 is 7.09. The number of H-pyrrole nitrogens is 1. The molecule has 0 radical (unpaired) electrons. The zero-order valence-corrected chi connectivity index (χ0v) is 10.6. The quantitative estimate of drug-likeness (QED) is 0.868. The van der Waals surface area contributed by atoms with Crippen molar-refractivity contribution < 1.29 is 4.74 Å². The van der Waals surface area contributed by atoms with Gasteiger partial charge in [0.25, 0.3) is 0 Å². The molecule has 1 aromatic carbocycles. The van der Waals surface area contributed by atoms with Crippen LogP contribution in [0.3, 0.4) is 0 Å². The van der Waals surface area contributed by atoms with E-state index in [4.69, 9.17) is 4.74 Å². The molecule has 0 saturated carbocycles. The summed E-state index contributed by atoms with van der Waals surface area (Å²) in [5.41, 5.74) is 1.77. The van der Waals surface area contributed by atoms with Gasteiger partial charge in [-0.25, -0.2) is 4.79 Å². The third-order valence-corrected chi connectivity index (χ3v) is 3.66. The third-order valence-electron chi connectivity index (χ3n) is 3.66. The van der Waals surface area contributed by atoms with Crippen LogP contribution in [0.5, 0.6) is 5.75 Å². The normalized spacial score (nSPS) is 20.7.